The molecule has 3 aromatic heterocycles. The third-order valence-corrected chi connectivity index (χ3v) is 9.91. The maximum atomic E-state index is 4.57. The molecule has 0 atom stereocenters. The Morgan fingerprint density at radius 2 is 0.630 bits per heavy atom. The molecule has 0 spiro atoms. The molecule has 3 nitrogen and oxygen atoms in total. The molecule has 0 aliphatic carbocycles. The number of benzene rings is 6. The Balaban J connectivity index is 0.000000120. The van der Waals surface area contributed by atoms with E-state index in [1.165, 1.54) is 14.1 Å². The van der Waals surface area contributed by atoms with Crippen molar-refractivity contribution in [1.82, 2.24) is 15.0 Å². The maximum Gasteiger partial charge on any atom is 3.00 e. The van der Waals surface area contributed by atoms with Gasteiger partial charge in [-0.15, -0.1) is 108 Å². The first-order valence-electron chi connectivity index (χ1n) is 14.3. The van der Waals surface area contributed by atoms with E-state index >= 15 is 0 Å². The van der Waals surface area contributed by atoms with Gasteiger partial charge < -0.3 is 0 Å². The Labute approximate surface area is 293 Å². The molecule has 9 aromatic rings. The summed E-state index contributed by atoms with van der Waals surface area (Å²) < 4.78 is 3.68. The van der Waals surface area contributed by atoms with Crippen LogP contribution in [0.25, 0.3) is 62.4 Å². The zero-order valence-corrected chi connectivity index (χ0v) is 29.1. The van der Waals surface area contributed by atoms with Crippen LogP contribution in [0.15, 0.2) is 146 Å². The summed E-state index contributed by atoms with van der Waals surface area (Å²) in [5.74, 6) is 0. The van der Waals surface area contributed by atoms with Crippen LogP contribution in [-0.2, 0) is 20.1 Å². The second kappa shape index (κ2) is 15.3. The van der Waals surface area contributed by atoms with Gasteiger partial charge in [0.2, 0.25) is 0 Å². The fraction of sp³-hybridized carbons (Fsp3) is 0. The number of thiazole rings is 3. The van der Waals surface area contributed by atoms with E-state index in [0.717, 1.165) is 48.3 Å². The zero-order chi connectivity index (χ0) is 30.3. The summed E-state index contributed by atoms with van der Waals surface area (Å²) >= 11 is 5.12. The van der Waals surface area contributed by atoms with Crippen molar-refractivity contribution in [3.63, 3.8) is 0 Å². The summed E-state index contributed by atoms with van der Waals surface area (Å²) in [4.78, 5) is 13.7. The molecular formula is C39H24IrN3S3. The van der Waals surface area contributed by atoms with E-state index in [1.807, 2.05) is 127 Å². The first kappa shape index (κ1) is 31.6. The molecule has 0 saturated heterocycles. The van der Waals surface area contributed by atoms with E-state index in [9.17, 15) is 0 Å². The molecule has 3 heterocycles. The molecule has 0 saturated carbocycles. The van der Waals surface area contributed by atoms with Crippen LogP contribution >= 0.6 is 34.0 Å². The van der Waals surface area contributed by atoms with Gasteiger partial charge in [0.15, 0.2) is 0 Å². The summed E-state index contributed by atoms with van der Waals surface area (Å²) in [5, 5.41) is 3.12. The van der Waals surface area contributed by atoms with Crippen LogP contribution < -0.4 is 0 Å². The first-order chi connectivity index (χ1) is 22.3. The summed E-state index contributed by atoms with van der Waals surface area (Å²) in [7, 11) is 0. The Bertz CT molecular complexity index is 1920. The van der Waals surface area contributed by atoms with Gasteiger partial charge in [0.05, 0.1) is 16.6 Å². The van der Waals surface area contributed by atoms with Crippen molar-refractivity contribution in [2.75, 3.05) is 0 Å². The maximum absolute atomic E-state index is 4.57. The Hall–Kier alpha value is -4.36. The van der Waals surface area contributed by atoms with Crippen molar-refractivity contribution in [2.24, 2.45) is 0 Å². The van der Waals surface area contributed by atoms with Crippen LogP contribution in [0.3, 0.4) is 0 Å². The summed E-state index contributed by atoms with van der Waals surface area (Å²) in [5.41, 5.74) is 6.40. The minimum absolute atomic E-state index is 0. The fourth-order valence-electron chi connectivity index (χ4n) is 4.54. The van der Waals surface area contributed by atoms with E-state index in [-0.39, 0.29) is 20.1 Å². The molecule has 0 aliphatic rings. The molecule has 222 valence electrons. The molecule has 0 radical (unpaired) electrons. The first-order valence-corrected chi connectivity index (χ1v) is 16.7. The third kappa shape index (κ3) is 7.53. The number of aromatic nitrogens is 3. The predicted octanol–water partition coefficient (Wildman–Crippen LogP) is 11.3. The Kier molecular flexibility index (Phi) is 10.5. The number of para-hydroxylation sites is 3. The van der Waals surface area contributed by atoms with Crippen LogP contribution in [0.1, 0.15) is 0 Å². The van der Waals surface area contributed by atoms with Gasteiger partial charge in [-0.2, -0.15) is 34.0 Å². The van der Waals surface area contributed by atoms with Gasteiger partial charge in [0, 0.05) is 29.1 Å². The SMILES string of the molecule is [Ir+3].[c-]1ccccc1-c1nc2ccccc2s1.[c-]1ccccc1-c1nc2ccccc2s1.[c-]1ccccc1-c1nc2ccccc2s1. The van der Waals surface area contributed by atoms with Crippen LogP contribution in [0, 0.1) is 18.2 Å². The summed E-state index contributed by atoms with van der Waals surface area (Å²) in [6, 6.07) is 58.0. The minimum Gasteiger partial charge on any atom is -0.285 e. The van der Waals surface area contributed by atoms with Crippen molar-refractivity contribution in [3.05, 3.63) is 164 Å². The second-order valence-electron chi connectivity index (χ2n) is 9.79. The van der Waals surface area contributed by atoms with Gasteiger partial charge in [-0.1, -0.05) is 36.4 Å². The zero-order valence-electron chi connectivity index (χ0n) is 24.3. The molecule has 0 bridgehead atoms. The molecule has 46 heavy (non-hydrogen) atoms. The van der Waals surface area contributed by atoms with Gasteiger partial charge in [-0.3, -0.25) is 15.0 Å². The average Bonchev–Trinajstić information content (AvgIpc) is 3.87. The van der Waals surface area contributed by atoms with Crippen molar-refractivity contribution < 1.29 is 20.1 Å². The van der Waals surface area contributed by atoms with E-state index in [0.29, 0.717) is 0 Å². The van der Waals surface area contributed by atoms with Crippen molar-refractivity contribution in [1.29, 1.82) is 0 Å². The van der Waals surface area contributed by atoms with E-state index in [2.05, 4.69) is 51.4 Å². The van der Waals surface area contributed by atoms with E-state index in [4.69, 9.17) is 0 Å². The second-order valence-corrected chi connectivity index (χ2v) is 12.9. The van der Waals surface area contributed by atoms with Gasteiger partial charge in [0.25, 0.3) is 0 Å². The van der Waals surface area contributed by atoms with Crippen molar-refractivity contribution in [2.45, 2.75) is 0 Å². The third-order valence-electron chi connectivity index (χ3n) is 6.70. The van der Waals surface area contributed by atoms with Crippen molar-refractivity contribution in [3.8, 4) is 31.7 Å². The van der Waals surface area contributed by atoms with E-state index < -0.39 is 0 Å². The molecule has 0 unspecified atom stereocenters. The fourth-order valence-corrected chi connectivity index (χ4v) is 7.40. The van der Waals surface area contributed by atoms with Crippen molar-refractivity contribution >= 4 is 64.7 Å². The standard InChI is InChI=1S/3C13H8NS.Ir/c3*1-2-6-10(7-3-1)13-14-11-8-4-5-9-12(11)15-13;/h3*1-6,8-9H;/q3*-1;+3. The number of hydrogen-bond acceptors (Lipinski definition) is 6. The molecule has 0 N–H and O–H groups in total. The molecular weight excluding hydrogens is 799 g/mol. The summed E-state index contributed by atoms with van der Waals surface area (Å²) in [6.07, 6.45) is 0. The molecule has 0 aliphatic heterocycles. The smallest absolute Gasteiger partial charge is 0.285 e. The van der Waals surface area contributed by atoms with Gasteiger partial charge in [0.1, 0.15) is 0 Å². The van der Waals surface area contributed by atoms with Gasteiger partial charge in [-0.25, -0.2) is 0 Å². The number of rotatable bonds is 3. The molecule has 7 heteroatoms. The van der Waals surface area contributed by atoms with Crippen LogP contribution in [-0.4, -0.2) is 15.0 Å². The Morgan fingerprint density at radius 1 is 0.348 bits per heavy atom. The summed E-state index contributed by atoms with van der Waals surface area (Å²) in [6.45, 7) is 0. The topological polar surface area (TPSA) is 38.7 Å². The molecule has 0 fully saturated rings. The predicted molar refractivity (Wildman–Crippen MR) is 192 cm³/mol. The van der Waals surface area contributed by atoms with Gasteiger partial charge in [-0.05, 0) is 36.4 Å². The molecule has 0 amide bonds. The number of nitrogens with zero attached hydrogens (tertiary/aromatic N) is 3. The van der Waals surface area contributed by atoms with E-state index in [1.54, 1.807) is 34.0 Å². The molecule has 6 aromatic carbocycles. The monoisotopic (exact) mass is 823 g/mol. The molecule has 9 rings (SSSR count). The van der Waals surface area contributed by atoms with Crippen LogP contribution in [0.4, 0.5) is 0 Å². The van der Waals surface area contributed by atoms with Crippen LogP contribution in [0.2, 0.25) is 0 Å². The average molecular weight is 823 g/mol. The van der Waals surface area contributed by atoms with Crippen LogP contribution in [0.5, 0.6) is 0 Å². The normalized spacial score (nSPS) is 10.4. The quantitative estimate of drug-likeness (QED) is 0.167. The number of hydrogen-bond donors (Lipinski definition) is 0. The number of fused-ring (bicyclic) bond motifs is 3. The minimum atomic E-state index is 0. The largest absolute Gasteiger partial charge is 3.00 e. The Morgan fingerprint density at radius 3 is 0.891 bits per heavy atom. The van der Waals surface area contributed by atoms with Gasteiger partial charge >= 0.3 is 20.1 Å².